The van der Waals surface area contributed by atoms with E-state index in [1.807, 2.05) is 0 Å². The second-order valence-electron chi connectivity index (χ2n) is 6.52. The van der Waals surface area contributed by atoms with Gasteiger partial charge in [0.1, 0.15) is 0 Å². The molecule has 0 radical (unpaired) electrons. The Balaban J connectivity index is 1.86. The molecule has 0 heteroatoms. The van der Waals surface area contributed by atoms with Crippen molar-refractivity contribution in [2.24, 2.45) is 27.6 Å². The lowest BCUT2D eigenvalue weighted by molar-refractivity contribution is 0.263. The summed E-state index contributed by atoms with van der Waals surface area (Å²) >= 11 is 0. The molecular formula is C13H22. The average Bonchev–Trinajstić information content (AvgIpc) is 2.90. The zero-order valence-electron chi connectivity index (χ0n) is 9.70. The topological polar surface area (TPSA) is 0 Å². The van der Waals surface area contributed by atoms with Crippen molar-refractivity contribution in [3.8, 4) is 0 Å². The molecule has 0 aromatic heterocycles. The van der Waals surface area contributed by atoms with Crippen molar-refractivity contribution in [1.82, 2.24) is 0 Å². The largest absolute Gasteiger partial charge is 0.0654 e. The Hall–Kier alpha value is 0. The van der Waals surface area contributed by atoms with Crippen molar-refractivity contribution >= 4 is 0 Å². The van der Waals surface area contributed by atoms with E-state index in [0.717, 1.165) is 27.6 Å². The zero-order chi connectivity index (χ0) is 9.70. The molecule has 3 fully saturated rings. The van der Waals surface area contributed by atoms with E-state index in [-0.39, 0.29) is 0 Å². The normalized spacial score (nSPS) is 72.2. The van der Waals surface area contributed by atoms with Crippen LogP contribution in [0, 0.1) is 27.6 Å². The number of fused-ring (bicyclic) bond motifs is 3. The van der Waals surface area contributed by atoms with Crippen molar-refractivity contribution in [3.05, 3.63) is 0 Å². The van der Waals surface area contributed by atoms with E-state index in [9.17, 15) is 0 Å². The van der Waals surface area contributed by atoms with Crippen LogP contribution in [-0.4, -0.2) is 0 Å². The van der Waals surface area contributed by atoms with Gasteiger partial charge in [-0.2, -0.15) is 0 Å². The van der Waals surface area contributed by atoms with Gasteiger partial charge in [0.2, 0.25) is 0 Å². The van der Waals surface area contributed by atoms with Gasteiger partial charge in [-0.15, -0.1) is 0 Å². The smallest absolute Gasteiger partial charge is 0.0114 e. The fourth-order valence-corrected chi connectivity index (χ4v) is 5.79. The monoisotopic (exact) mass is 178 g/mol. The molecule has 0 aliphatic heterocycles. The Bertz CT molecular complexity index is 276. The SMILES string of the molecule is CCCC1(C)CC12C1(C)C(C)C12C. The first-order valence-electron chi connectivity index (χ1n) is 5.92. The first-order valence-corrected chi connectivity index (χ1v) is 5.92. The van der Waals surface area contributed by atoms with E-state index in [1.54, 1.807) is 0 Å². The maximum atomic E-state index is 2.54. The highest BCUT2D eigenvalue weighted by Crippen LogP contribution is 3.12. The molecule has 0 bridgehead atoms. The van der Waals surface area contributed by atoms with Gasteiger partial charge in [-0.3, -0.25) is 0 Å². The lowest BCUT2D eigenvalue weighted by Crippen LogP contribution is -2.16. The minimum absolute atomic E-state index is 0.734. The first-order chi connectivity index (χ1) is 5.92. The van der Waals surface area contributed by atoms with Crippen LogP contribution in [0.5, 0.6) is 0 Å². The highest BCUT2D eigenvalue weighted by atomic mass is 15.1. The van der Waals surface area contributed by atoms with Gasteiger partial charge in [0.05, 0.1) is 0 Å². The standard InChI is InChI=1S/C13H22/c1-6-7-10(3)8-13(10)11(4)9(2)12(11,13)5/h9H,6-8H2,1-5H3. The Kier molecular flexibility index (Phi) is 1.03. The van der Waals surface area contributed by atoms with Crippen LogP contribution in [0.15, 0.2) is 0 Å². The molecule has 0 saturated heterocycles. The molecule has 0 N–H and O–H groups in total. The Morgan fingerprint density at radius 2 is 1.69 bits per heavy atom. The third kappa shape index (κ3) is 0.444. The third-order valence-corrected chi connectivity index (χ3v) is 6.80. The highest BCUT2D eigenvalue weighted by Gasteiger charge is 3.07. The van der Waals surface area contributed by atoms with Crippen molar-refractivity contribution in [2.75, 3.05) is 0 Å². The zero-order valence-corrected chi connectivity index (χ0v) is 9.70. The molecule has 3 saturated carbocycles. The second-order valence-corrected chi connectivity index (χ2v) is 6.52. The van der Waals surface area contributed by atoms with Gasteiger partial charge in [-0.1, -0.05) is 41.0 Å². The van der Waals surface area contributed by atoms with Crippen molar-refractivity contribution in [1.29, 1.82) is 0 Å². The molecule has 13 heavy (non-hydrogen) atoms. The van der Waals surface area contributed by atoms with E-state index in [0.29, 0.717) is 0 Å². The number of hydrogen-bond acceptors (Lipinski definition) is 0. The van der Waals surface area contributed by atoms with E-state index < -0.39 is 0 Å². The van der Waals surface area contributed by atoms with Gasteiger partial charge in [0.25, 0.3) is 0 Å². The van der Waals surface area contributed by atoms with Gasteiger partial charge in [0.15, 0.2) is 0 Å². The predicted molar refractivity (Wildman–Crippen MR) is 55.4 cm³/mol. The second kappa shape index (κ2) is 1.61. The first kappa shape index (κ1) is 8.32. The van der Waals surface area contributed by atoms with Gasteiger partial charge < -0.3 is 0 Å². The van der Waals surface area contributed by atoms with E-state index >= 15 is 0 Å². The minimum Gasteiger partial charge on any atom is -0.0654 e. The predicted octanol–water partition coefficient (Wildman–Crippen LogP) is 3.86. The molecule has 0 nitrogen and oxygen atoms in total. The Morgan fingerprint density at radius 3 is 2.08 bits per heavy atom. The lowest BCUT2D eigenvalue weighted by Gasteiger charge is -2.21. The van der Waals surface area contributed by atoms with Crippen LogP contribution < -0.4 is 0 Å². The molecule has 74 valence electrons. The summed E-state index contributed by atoms with van der Waals surface area (Å²) in [6, 6.07) is 0. The number of hydrogen-bond donors (Lipinski definition) is 0. The molecule has 3 rings (SSSR count). The lowest BCUT2D eigenvalue weighted by atomic mass is 9.83. The molecule has 0 aromatic rings. The van der Waals surface area contributed by atoms with Crippen LogP contribution >= 0.6 is 0 Å². The molecular weight excluding hydrogens is 156 g/mol. The summed E-state index contributed by atoms with van der Waals surface area (Å²) in [6.07, 6.45) is 4.37. The summed E-state index contributed by atoms with van der Waals surface area (Å²) in [5.74, 6) is 1.01. The molecule has 0 heterocycles. The molecule has 1 spiro atoms. The highest BCUT2D eigenvalue weighted by molar-refractivity contribution is 5.54. The molecule has 0 aromatic carbocycles. The van der Waals surface area contributed by atoms with Crippen molar-refractivity contribution in [2.45, 2.75) is 53.9 Å². The average molecular weight is 178 g/mol. The van der Waals surface area contributed by atoms with E-state index in [1.165, 1.54) is 19.3 Å². The summed E-state index contributed by atoms with van der Waals surface area (Å²) in [5.41, 5.74) is 3.05. The molecule has 3 atom stereocenters. The fraction of sp³-hybridized carbons (Fsp3) is 1.00. The van der Waals surface area contributed by atoms with Crippen LogP contribution in [0.1, 0.15) is 53.9 Å². The minimum atomic E-state index is 0.734. The molecule has 3 unspecified atom stereocenters. The summed E-state index contributed by atoms with van der Waals surface area (Å²) in [4.78, 5) is 0. The Labute approximate surface area is 82.1 Å². The van der Waals surface area contributed by atoms with Crippen LogP contribution in [0.25, 0.3) is 0 Å². The van der Waals surface area contributed by atoms with Crippen LogP contribution in [0.4, 0.5) is 0 Å². The van der Waals surface area contributed by atoms with Gasteiger partial charge >= 0.3 is 0 Å². The fourth-order valence-electron chi connectivity index (χ4n) is 5.79. The summed E-state index contributed by atoms with van der Waals surface area (Å²) in [6.45, 7) is 12.4. The third-order valence-electron chi connectivity index (χ3n) is 6.80. The molecule has 3 aliphatic carbocycles. The quantitative estimate of drug-likeness (QED) is 0.602. The Morgan fingerprint density at radius 1 is 1.15 bits per heavy atom. The summed E-state index contributed by atoms with van der Waals surface area (Å²) in [5, 5.41) is 0. The van der Waals surface area contributed by atoms with Gasteiger partial charge in [-0.05, 0) is 40.4 Å². The van der Waals surface area contributed by atoms with Crippen LogP contribution in [0.2, 0.25) is 0 Å². The maximum Gasteiger partial charge on any atom is -0.0114 e. The maximum absolute atomic E-state index is 2.54. The molecule has 3 aliphatic rings. The van der Waals surface area contributed by atoms with Gasteiger partial charge in [-0.25, -0.2) is 0 Å². The summed E-state index contributed by atoms with van der Waals surface area (Å²) in [7, 11) is 0. The number of rotatable bonds is 2. The summed E-state index contributed by atoms with van der Waals surface area (Å²) < 4.78 is 0. The van der Waals surface area contributed by atoms with E-state index in [4.69, 9.17) is 0 Å². The van der Waals surface area contributed by atoms with Crippen LogP contribution in [-0.2, 0) is 0 Å². The van der Waals surface area contributed by atoms with E-state index in [2.05, 4.69) is 34.6 Å². The van der Waals surface area contributed by atoms with Crippen LogP contribution in [0.3, 0.4) is 0 Å². The molecule has 0 amide bonds. The van der Waals surface area contributed by atoms with Gasteiger partial charge in [0, 0.05) is 0 Å². The van der Waals surface area contributed by atoms with Crippen molar-refractivity contribution in [3.63, 3.8) is 0 Å². The van der Waals surface area contributed by atoms with Crippen molar-refractivity contribution < 1.29 is 0 Å².